The summed E-state index contributed by atoms with van der Waals surface area (Å²) in [6.07, 6.45) is -2.61. The SMILES string of the molecule is [2H]C([2H])([2H])C([2H])([2H])[C@H](C)c1ccc(Cl)c(Oc2ccccc2)c1F. The number of benzene rings is 2. The quantitative estimate of drug-likeness (QED) is 0.690. The third-order valence-corrected chi connectivity index (χ3v) is 3.02. The highest BCUT2D eigenvalue weighted by Gasteiger charge is 2.17. The molecule has 0 saturated heterocycles. The van der Waals surface area contributed by atoms with Crippen molar-refractivity contribution in [1.29, 1.82) is 0 Å². The molecule has 0 heterocycles. The largest absolute Gasteiger partial charge is 0.453 e. The minimum absolute atomic E-state index is 0.0155. The molecule has 2 rings (SSSR count). The molecule has 100 valence electrons. The Morgan fingerprint density at radius 2 is 2.05 bits per heavy atom. The molecule has 0 radical (unpaired) electrons. The summed E-state index contributed by atoms with van der Waals surface area (Å²) < 4.78 is 58.0. The van der Waals surface area contributed by atoms with Crippen LogP contribution in [0.3, 0.4) is 0 Å². The molecular formula is C16H16ClFO. The fourth-order valence-electron chi connectivity index (χ4n) is 1.66. The van der Waals surface area contributed by atoms with Gasteiger partial charge in [-0.05, 0) is 36.1 Å². The highest BCUT2D eigenvalue weighted by molar-refractivity contribution is 6.32. The van der Waals surface area contributed by atoms with Gasteiger partial charge in [-0.3, -0.25) is 0 Å². The first-order chi connectivity index (χ1) is 11.1. The van der Waals surface area contributed by atoms with Gasteiger partial charge >= 0.3 is 0 Å². The lowest BCUT2D eigenvalue weighted by molar-refractivity contribution is 0.435. The van der Waals surface area contributed by atoms with Gasteiger partial charge in [0.25, 0.3) is 0 Å². The van der Waals surface area contributed by atoms with Crippen LogP contribution < -0.4 is 4.74 Å². The maximum absolute atomic E-state index is 14.8. The summed E-state index contributed by atoms with van der Waals surface area (Å²) in [5.41, 5.74) is -0.105. The van der Waals surface area contributed by atoms with E-state index in [1.165, 1.54) is 19.1 Å². The van der Waals surface area contributed by atoms with Crippen LogP contribution in [0.5, 0.6) is 11.5 Å². The first-order valence-electron chi connectivity index (χ1n) is 8.26. The predicted molar refractivity (Wildman–Crippen MR) is 76.6 cm³/mol. The minimum atomic E-state index is -2.89. The molecule has 0 aromatic heterocycles. The van der Waals surface area contributed by atoms with Crippen LogP contribution in [0.25, 0.3) is 0 Å². The third kappa shape index (κ3) is 3.07. The van der Waals surface area contributed by atoms with E-state index < -0.39 is 25.0 Å². The van der Waals surface area contributed by atoms with Crippen LogP contribution in [0.1, 0.15) is 38.5 Å². The van der Waals surface area contributed by atoms with E-state index in [1.807, 2.05) is 0 Å². The fraction of sp³-hybridized carbons (Fsp3) is 0.250. The standard InChI is InChI=1S/C16H16ClFO/c1-3-11(2)13-9-10-14(17)16(15(13)18)19-12-7-5-4-6-8-12/h4-11H,3H2,1-2H3/t11-/m0/s1/i1D3,3D2. The van der Waals surface area contributed by atoms with E-state index in [9.17, 15) is 4.39 Å². The molecule has 0 fully saturated rings. The van der Waals surface area contributed by atoms with E-state index in [4.69, 9.17) is 23.2 Å². The smallest absolute Gasteiger partial charge is 0.181 e. The van der Waals surface area contributed by atoms with Crippen LogP contribution in [0.2, 0.25) is 5.02 Å². The van der Waals surface area contributed by atoms with E-state index >= 15 is 0 Å². The Hall–Kier alpha value is -1.54. The maximum atomic E-state index is 14.8. The summed E-state index contributed by atoms with van der Waals surface area (Å²) in [6.45, 7) is -1.57. The molecule has 0 unspecified atom stereocenters. The Morgan fingerprint density at radius 1 is 1.32 bits per heavy atom. The number of para-hydroxylation sites is 1. The number of halogens is 2. The Bertz CT molecular complexity index is 718. The van der Waals surface area contributed by atoms with Crippen LogP contribution in [0, 0.1) is 5.82 Å². The average molecular weight is 284 g/mol. The van der Waals surface area contributed by atoms with Gasteiger partial charge in [0, 0.05) is 6.85 Å². The van der Waals surface area contributed by atoms with E-state index in [0.29, 0.717) is 5.75 Å². The monoisotopic (exact) mass is 283 g/mol. The van der Waals surface area contributed by atoms with E-state index in [0.717, 1.165) is 0 Å². The summed E-state index contributed by atoms with van der Waals surface area (Å²) in [5.74, 6) is -1.98. The van der Waals surface area contributed by atoms with Gasteiger partial charge in [-0.15, -0.1) is 0 Å². The molecular weight excluding hydrogens is 263 g/mol. The van der Waals surface area contributed by atoms with Crippen molar-refractivity contribution in [2.45, 2.75) is 26.1 Å². The van der Waals surface area contributed by atoms with Gasteiger partial charge in [-0.2, -0.15) is 0 Å². The van der Waals surface area contributed by atoms with Gasteiger partial charge in [0.1, 0.15) is 5.75 Å². The van der Waals surface area contributed by atoms with Crippen LogP contribution in [0.4, 0.5) is 4.39 Å². The van der Waals surface area contributed by atoms with Crippen molar-refractivity contribution >= 4 is 11.6 Å². The maximum Gasteiger partial charge on any atom is 0.181 e. The predicted octanol–water partition coefficient (Wildman–Crippen LogP) is 5.78. The Kier molecular flexibility index (Phi) is 2.75. The Labute approximate surface area is 125 Å². The second-order valence-electron chi connectivity index (χ2n) is 4.06. The molecule has 0 aliphatic rings. The summed E-state index contributed by atoms with van der Waals surface area (Å²) in [4.78, 5) is 0. The lowest BCUT2D eigenvalue weighted by Crippen LogP contribution is -1.99. The van der Waals surface area contributed by atoms with Crippen LogP contribution >= 0.6 is 11.6 Å². The highest BCUT2D eigenvalue weighted by Crippen LogP contribution is 2.36. The lowest BCUT2D eigenvalue weighted by atomic mass is 9.98. The summed E-state index contributed by atoms with van der Waals surface area (Å²) in [7, 11) is 0. The number of ether oxygens (including phenoxy) is 1. The second-order valence-corrected chi connectivity index (χ2v) is 4.47. The van der Waals surface area contributed by atoms with Crippen LogP contribution in [-0.2, 0) is 0 Å². The lowest BCUT2D eigenvalue weighted by Gasteiger charge is -2.15. The Morgan fingerprint density at radius 3 is 2.74 bits per heavy atom. The van der Waals surface area contributed by atoms with Crippen molar-refractivity contribution in [3.05, 3.63) is 58.9 Å². The first-order valence-corrected chi connectivity index (χ1v) is 6.14. The molecule has 0 aliphatic carbocycles. The number of hydrogen-bond acceptors (Lipinski definition) is 1. The zero-order valence-electron chi connectivity index (χ0n) is 15.3. The zero-order valence-corrected chi connectivity index (χ0v) is 11.0. The molecule has 1 nitrogen and oxygen atoms in total. The van der Waals surface area contributed by atoms with Crippen LogP contribution in [0.15, 0.2) is 42.5 Å². The molecule has 0 saturated carbocycles. The molecule has 2 aromatic carbocycles. The first kappa shape index (κ1) is 8.60. The minimum Gasteiger partial charge on any atom is -0.453 e. The summed E-state index contributed by atoms with van der Waals surface area (Å²) in [6, 6.07) is 11.1. The average Bonchev–Trinajstić information content (AvgIpc) is 2.51. The normalized spacial score (nSPS) is 17.5. The van der Waals surface area contributed by atoms with Crippen molar-refractivity contribution in [2.75, 3.05) is 0 Å². The molecule has 0 bridgehead atoms. The van der Waals surface area contributed by atoms with Crippen molar-refractivity contribution in [3.8, 4) is 11.5 Å². The molecule has 0 N–H and O–H groups in total. The fourth-order valence-corrected chi connectivity index (χ4v) is 1.84. The summed E-state index contributed by atoms with van der Waals surface area (Å²) >= 11 is 5.99. The van der Waals surface area contributed by atoms with E-state index in [-0.39, 0.29) is 16.3 Å². The van der Waals surface area contributed by atoms with Crippen molar-refractivity contribution < 1.29 is 16.0 Å². The van der Waals surface area contributed by atoms with Crippen molar-refractivity contribution in [1.82, 2.24) is 0 Å². The van der Waals surface area contributed by atoms with Gasteiger partial charge in [0.2, 0.25) is 0 Å². The summed E-state index contributed by atoms with van der Waals surface area (Å²) in [5, 5.41) is 0.0155. The van der Waals surface area contributed by atoms with Gasteiger partial charge < -0.3 is 4.74 Å². The molecule has 19 heavy (non-hydrogen) atoms. The Balaban J connectivity index is 2.45. The van der Waals surface area contributed by atoms with E-state index in [1.54, 1.807) is 30.3 Å². The van der Waals surface area contributed by atoms with Gasteiger partial charge in [0.05, 0.1) is 5.02 Å². The van der Waals surface area contributed by atoms with Gasteiger partial charge in [-0.1, -0.05) is 49.6 Å². The molecule has 0 amide bonds. The van der Waals surface area contributed by atoms with Crippen LogP contribution in [-0.4, -0.2) is 0 Å². The van der Waals surface area contributed by atoms with E-state index in [2.05, 4.69) is 0 Å². The second kappa shape index (κ2) is 6.07. The topological polar surface area (TPSA) is 9.23 Å². The highest BCUT2D eigenvalue weighted by atomic mass is 35.5. The zero-order chi connectivity index (χ0) is 18.1. The number of hydrogen-bond donors (Lipinski definition) is 0. The molecule has 0 spiro atoms. The molecule has 2 aromatic rings. The van der Waals surface area contributed by atoms with Gasteiger partial charge in [0.15, 0.2) is 11.6 Å². The van der Waals surface area contributed by atoms with Gasteiger partial charge in [-0.25, -0.2) is 4.39 Å². The molecule has 3 heteroatoms. The molecule has 0 aliphatic heterocycles. The molecule has 1 atom stereocenters. The third-order valence-electron chi connectivity index (χ3n) is 2.73. The van der Waals surface area contributed by atoms with Crippen molar-refractivity contribution in [2.24, 2.45) is 0 Å². The van der Waals surface area contributed by atoms with Crippen molar-refractivity contribution in [3.63, 3.8) is 0 Å². The number of rotatable bonds is 4.